The third-order valence-corrected chi connectivity index (χ3v) is 3.25. The lowest BCUT2D eigenvalue weighted by Crippen LogP contribution is -2.33. The summed E-state index contributed by atoms with van der Waals surface area (Å²) in [7, 11) is 3.90. The molecule has 0 bridgehead atoms. The molecular weight excluding hydrogens is 297 g/mol. The largest absolute Gasteiger partial charge is 0.435 e. The minimum atomic E-state index is -4.46. The van der Waals surface area contributed by atoms with Crippen LogP contribution in [0.4, 0.5) is 13.2 Å². The summed E-state index contributed by atoms with van der Waals surface area (Å²) in [4.78, 5) is 13.9. The maximum absolute atomic E-state index is 12.6. The molecule has 5 nitrogen and oxygen atoms in total. The highest BCUT2D eigenvalue weighted by Crippen LogP contribution is 2.28. The van der Waals surface area contributed by atoms with Crippen molar-refractivity contribution in [3.63, 3.8) is 0 Å². The molecule has 1 N–H and O–H groups in total. The molecule has 0 spiro atoms. The lowest BCUT2D eigenvalue weighted by Gasteiger charge is -2.14. The van der Waals surface area contributed by atoms with Gasteiger partial charge in [-0.1, -0.05) is 6.92 Å². The molecule has 0 radical (unpaired) electrons. The number of hydrogen-bond acceptors (Lipinski definition) is 3. The van der Waals surface area contributed by atoms with Crippen molar-refractivity contribution in [1.29, 1.82) is 0 Å². The molecule has 0 saturated heterocycles. The highest BCUT2D eigenvalue weighted by atomic mass is 19.4. The zero-order chi connectivity index (χ0) is 16.9. The normalized spacial score (nSPS) is 13.5. The third kappa shape index (κ3) is 5.67. The molecule has 0 aliphatic carbocycles. The van der Waals surface area contributed by atoms with Gasteiger partial charge < -0.3 is 10.2 Å². The van der Waals surface area contributed by atoms with Gasteiger partial charge in [-0.3, -0.25) is 9.48 Å². The van der Waals surface area contributed by atoms with Crippen LogP contribution >= 0.6 is 0 Å². The van der Waals surface area contributed by atoms with Gasteiger partial charge in [-0.15, -0.1) is 0 Å². The number of amides is 1. The Morgan fingerprint density at radius 2 is 2.09 bits per heavy atom. The number of aromatic nitrogens is 2. The first-order valence-electron chi connectivity index (χ1n) is 7.15. The molecule has 1 aromatic heterocycles. The maximum Gasteiger partial charge on any atom is 0.435 e. The minimum absolute atomic E-state index is 0.126. The number of alkyl halides is 3. The molecule has 126 valence electrons. The van der Waals surface area contributed by atoms with E-state index in [0.717, 1.165) is 19.0 Å². The molecule has 0 aliphatic rings. The number of rotatable bonds is 7. The summed E-state index contributed by atoms with van der Waals surface area (Å²) >= 11 is 0. The summed E-state index contributed by atoms with van der Waals surface area (Å²) < 4.78 is 39.0. The molecule has 1 amide bonds. The minimum Gasteiger partial charge on any atom is -0.356 e. The van der Waals surface area contributed by atoms with Gasteiger partial charge in [-0.2, -0.15) is 18.3 Å². The second kappa shape index (κ2) is 7.62. The fourth-order valence-corrected chi connectivity index (χ4v) is 1.96. The molecule has 1 heterocycles. The second-order valence-electron chi connectivity index (χ2n) is 5.70. The summed E-state index contributed by atoms with van der Waals surface area (Å²) in [5.41, 5.74) is -0.539. The van der Waals surface area contributed by atoms with E-state index in [0.29, 0.717) is 12.2 Å². The lowest BCUT2D eigenvalue weighted by molar-refractivity contribution is -0.141. The Kier molecular flexibility index (Phi) is 6.40. The molecule has 22 heavy (non-hydrogen) atoms. The van der Waals surface area contributed by atoms with E-state index in [4.69, 9.17) is 0 Å². The maximum atomic E-state index is 12.6. The monoisotopic (exact) mass is 320 g/mol. The van der Waals surface area contributed by atoms with Crippen LogP contribution in [0.25, 0.3) is 0 Å². The van der Waals surface area contributed by atoms with Crippen LogP contribution < -0.4 is 5.32 Å². The number of nitrogens with zero attached hydrogens (tertiary/aromatic N) is 3. The molecule has 0 aliphatic heterocycles. The van der Waals surface area contributed by atoms with Crippen molar-refractivity contribution in [2.75, 3.05) is 27.2 Å². The van der Waals surface area contributed by atoms with Crippen molar-refractivity contribution in [2.45, 2.75) is 33.0 Å². The van der Waals surface area contributed by atoms with Crippen molar-refractivity contribution in [3.05, 3.63) is 17.5 Å². The molecule has 0 aromatic carbocycles. The van der Waals surface area contributed by atoms with Gasteiger partial charge in [-0.25, -0.2) is 0 Å². The standard InChI is InChI=1S/C14H23F3N4O/c1-10(13(22)18-6-5-7-20(3)4)9-21-11(2)8-12(19-21)14(15,16)17/h8,10H,5-7,9H2,1-4H3,(H,18,22). The third-order valence-electron chi connectivity index (χ3n) is 3.25. The van der Waals surface area contributed by atoms with Crippen LogP contribution in [0.5, 0.6) is 0 Å². The van der Waals surface area contributed by atoms with Gasteiger partial charge in [0.15, 0.2) is 5.69 Å². The summed E-state index contributed by atoms with van der Waals surface area (Å²) in [6, 6.07) is 0.988. The van der Waals surface area contributed by atoms with Crippen LogP contribution in [0, 0.1) is 12.8 Å². The zero-order valence-corrected chi connectivity index (χ0v) is 13.4. The Hall–Kier alpha value is -1.57. The van der Waals surface area contributed by atoms with E-state index in [1.54, 1.807) is 13.8 Å². The highest BCUT2D eigenvalue weighted by Gasteiger charge is 2.34. The molecular formula is C14H23F3N4O. The van der Waals surface area contributed by atoms with E-state index in [1.807, 2.05) is 19.0 Å². The predicted molar refractivity (Wildman–Crippen MR) is 77.3 cm³/mol. The van der Waals surface area contributed by atoms with Gasteiger partial charge in [0.1, 0.15) is 0 Å². The fourth-order valence-electron chi connectivity index (χ4n) is 1.96. The van der Waals surface area contributed by atoms with Crippen LogP contribution in [-0.2, 0) is 17.5 Å². The summed E-state index contributed by atoms with van der Waals surface area (Å²) in [6.45, 7) is 4.76. The molecule has 0 fully saturated rings. The van der Waals surface area contributed by atoms with Crippen molar-refractivity contribution < 1.29 is 18.0 Å². The molecule has 0 saturated carbocycles. The van der Waals surface area contributed by atoms with E-state index in [1.165, 1.54) is 4.68 Å². The topological polar surface area (TPSA) is 50.2 Å². The Morgan fingerprint density at radius 1 is 1.45 bits per heavy atom. The van der Waals surface area contributed by atoms with Gasteiger partial charge in [0.25, 0.3) is 0 Å². The van der Waals surface area contributed by atoms with Crippen molar-refractivity contribution in [1.82, 2.24) is 20.0 Å². The first-order chi connectivity index (χ1) is 10.1. The van der Waals surface area contributed by atoms with Gasteiger partial charge in [0.2, 0.25) is 5.91 Å². The quantitative estimate of drug-likeness (QED) is 0.781. The van der Waals surface area contributed by atoms with Gasteiger partial charge >= 0.3 is 6.18 Å². The van der Waals surface area contributed by atoms with Crippen molar-refractivity contribution in [3.8, 4) is 0 Å². The smallest absolute Gasteiger partial charge is 0.356 e. The fraction of sp³-hybridized carbons (Fsp3) is 0.714. The Morgan fingerprint density at radius 3 is 2.59 bits per heavy atom. The predicted octanol–water partition coefficient (Wildman–Crippen LogP) is 1.91. The van der Waals surface area contributed by atoms with Crippen molar-refractivity contribution >= 4 is 5.91 Å². The van der Waals surface area contributed by atoms with Gasteiger partial charge in [-0.05, 0) is 40.1 Å². The number of carbonyl (C=O) groups excluding carboxylic acids is 1. The Balaban J connectivity index is 2.52. The van der Waals surface area contributed by atoms with Crippen LogP contribution in [0.15, 0.2) is 6.07 Å². The summed E-state index contributed by atoms with van der Waals surface area (Å²) in [6.07, 6.45) is -3.64. The number of carbonyl (C=O) groups is 1. The first-order valence-corrected chi connectivity index (χ1v) is 7.15. The van der Waals surface area contributed by atoms with E-state index in [9.17, 15) is 18.0 Å². The first kappa shape index (κ1) is 18.5. The number of halogens is 3. The van der Waals surface area contributed by atoms with E-state index in [-0.39, 0.29) is 12.5 Å². The van der Waals surface area contributed by atoms with Crippen LogP contribution in [0.3, 0.4) is 0 Å². The molecule has 8 heteroatoms. The Labute approximate surface area is 128 Å². The number of hydrogen-bond donors (Lipinski definition) is 1. The van der Waals surface area contributed by atoms with E-state index in [2.05, 4.69) is 10.4 Å². The molecule has 1 rings (SSSR count). The lowest BCUT2D eigenvalue weighted by atomic mass is 10.1. The highest BCUT2D eigenvalue weighted by molar-refractivity contribution is 5.78. The van der Waals surface area contributed by atoms with Crippen molar-refractivity contribution in [2.24, 2.45) is 5.92 Å². The van der Waals surface area contributed by atoms with E-state index < -0.39 is 17.8 Å². The van der Waals surface area contributed by atoms with Crippen LogP contribution in [0.2, 0.25) is 0 Å². The SMILES string of the molecule is Cc1cc(C(F)(F)F)nn1CC(C)C(=O)NCCCN(C)C. The average molecular weight is 320 g/mol. The number of nitrogens with one attached hydrogen (secondary N) is 1. The second-order valence-corrected chi connectivity index (χ2v) is 5.70. The van der Waals surface area contributed by atoms with Crippen LogP contribution in [0.1, 0.15) is 24.7 Å². The average Bonchev–Trinajstić information content (AvgIpc) is 2.75. The van der Waals surface area contributed by atoms with Gasteiger partial charge in [0, 0.05) is 12.2 Å². The summed E-state index contributed by atoms with van der Waals surface area (Å²) in [5.74, 6) is -0.624. The molecule has 1 aromatic rings. The van der Waals surface area contributed by atoms with Crippen LogP contribution in [-0.4, -0.2) is 47.8 Å². The summed E-state index contributed by atoms with van der Waals surface area (Å²) in [5, 5.41) is 6.31. The number of aryl methyl sites for hydroxylation is 1. The van der Waals surface area contributed by atoms with Gasteiger partial charge in [0.05, 0.1) is 12.5 Å². The molecule has 1 atom stereocenters. The Bertz CT molecular complexity index is 497. The molecule has 1 unspecified atom stereocenters. The van der Waals surface area contributed by atoms with E-state index >= 15 is 0 Å². The zero-order valence-electron chi connectivity index (χ0n) is 13.4.